The molecular weight excluding hydrogens is 413 g/mol. The fraction of sp³-hybridized carbons (Fsp3) is 0.0588. The summed E-state index contributed by atoms with van der Waals surface area (Å²) in [6.45, 7) is 1.84. The summed E-state index contributed by atoms with van der Waals surface area (Å²) in [5, 5.41) is 15.8. The number of aromatic nitrogens is 1. The normalized spacial score (nSPS) is 10.6. The number of hydrogen-bond acceptors (Lipinski definition) is 6. The molecule has 0 radical (unpaired) electrons. The number of benzene rings is 2. The summed E-state index contributed by atoms with van der Waals surface area (Å²) in [5.41, 5.74) is 0.923. The molecule has 0 aliphatic rings. The number of rotatable bonds is 5. The van der Waals surface area contributed by atoms with Crippen molar-refractivity contribution in [2.75, 3.05) is 5.32 Å². The molecule has 10 heteroatoms. The van der Waals surface area contributed by atoms with Gasteiger partial charge in [-0.05, 0) is 37.3 Å². The Bertz CT molecular complexity index is 1040. The lowest BCUT2D eigenvalue weighted by atomic mass is 10.2. The summed E-state index contributed by atoms with van der Waals surface area (Å²) < 4.78 is 13.8. The van der Waals surface area contributed by atoms with Crippen LogP contribution in [0, 0.1) is 22.9 Å². The summed E-state index contributed by atoms with van der Waals surface area (Å²) in [6, 6.07) is 7.70. The Morgan fingerprint density at radius 1 is 1.33 bits per heavy atom. The van der Waals surface area contributed by atoms with E-state index in [0.717, 1.165) is 29.6 Å². The fourth-order valence-electron chi connectivity index (χ4n) is 2.15. The summed E-state index contributed by atoms with van der Waals surface area (Å²) in [4.78, 5) is 27.9. The average Bonchev–Trinajstić information content (AvgIpc) is 3.02. The molecule has 0 bridgehead atoms. The summed E-state index contributed by atoms with van der Waals surface area (Å²) in [7, 11) is 0. The van der Waals surface area contributed by atoms with Gasteiger partial charge < -0.3 is 5.32 Å². The van der Waals surface area contributed by atoms with E-state index in [-0.39, 0.29) is 22.0 Å². The van der Waals surface area contributed by atoms with Crippen LogP contribution in [0.2, 0.25) is 5.02 Å². The highest BCUT2D eigenvalue weighted by Gasteiger charge is 2.20. The van der Waals surface area contributed by atoms with Gasteiger partial charge in [0, 0.05) is 22.7 Å². The molecule has 0 unspecified atom stereocenters. The second kappa shape index (κ2) is 8.03. The number of nitro benzene ring substituents is 1. The SMILES string of the molecule is Cc1csc(Sc2ccc(C(=O)Nc3ccc(F)cc3Cl)cc2[N+](=O)[O-])n1. The molecular formula is C17H11ClFN3O3S2. The third kappa shape index (κ3) is 4.62. The lowest BCUT2D eigenvalue weighted by Crippen LogP contribution is -2.12. The molecule has 3 aromatic rings. The van der Waals surface area contributed by atoms with Gasteiger partial charge in [-0.25, -0.2) is 9.37 Å². The highest BCUT2D eigenvalue weighted by atomic mass is 35.5. The van der Waals surface area contributed by atoms with E-state index in [1.807, 2.05) is 12.3 Å². The van der Waals surface area contributed by atoms with E-state index >= 15 is 0 Å². The zero-order chi connectivity index (χ0) is 19.6. The van der Waals surface area contributed by atoms with Crippen molar-refractivity contribution < 1.29 is 14.1 Å². The topological polar surface area (TPSA) is 85.1 Å². The minimum absolute atomic E-state index is 0.0316. The standard InChI is InChI=1S/C17H11ClFN3O3S2/c1-9-8-26-17(20-9)27-15-5-2-10(6-14(15)22(24)25)16(23)21-13-4-3-11(19)7-12(13)18/h2-8H,1H3,(H,21,23). The fourth-order valence-corrected chi connectivity index (χ4v) is 4.24. The maximum Gasteiger partial charge on any atom is 0.284 e. The maximum atomic E-state index is 13.1. The Morgan fingerprint density at radius 2 is 2.11 bits per heavy atom. The third-order valence-electron chi connectivity index (χ3n) is 3.39. The van der Waals surface area contributed by atoms with E-state index in [4.69, 9.17) is 11.6 Å². The molecule has 6 nitrogen and oxygen atoms in total. The number of anilines is 1. The number of thiazole rings is 1. The summed E-state index contributed by atoms with van der Waals surface area (Å²) in [5.74, 6) is -1.12. The van der Waals surface area contributed by atoms with Crippen LogP contribution in [0.25, 0.3) is 0 Å². The first-order valence-corrected chi connectivity index (χ1v) is 9.55. The van der Waals surface area contributed by atoms with Gasteiger partial charge in [0.25, 0.3) is 11.6 Å². The highest BCUT2D eigenvalue weighted by Crippen LogP contribution is 2.37. The molecule has 1 amide bonds. The Labute approximate surface area is 166 Å². The number of aryl methyl sites for hydroxylation is 1. The van der Waals surface area contributed by atoms with Crippen LogP contribution in [-0.2, 0) is 0 Å². The van der Waals surface area contributed by atoms with Gasteiger partial charge in [-0.3, -0.25) is 14.9 Å². The molecule has 0 atom stereocenters. The number of nitro groups is 1. The molecule has 1 N–H and O–H groups in total. The molecule has 1 heterocycles. The van der Waals surface area contributed by atoms with Crippen molar-refractivity contribution >= 4 is 52.0 Å². The second-order valence-electron chi connectivity index (χ2n) is 5.37. The van der Waals surface area contributed by atoms with E-state index in [9.17, 15) is 19.3 Å². The number of carbonyl (C=O) groups excluding carboxylic acids is 1. The van der Waals surface area contributed by atoms with Crippen molar-refractivity contribution in [2.45, 2.75) is 16.2 Å². The first kappa shape index (κ1) is 19.3. The number of nitrogens with zero attached hydrogens (tertiary/aromatic N) is 2. The smallest absolute Gasteiger partial charge is 0.284 e. The lowest BCUT2D eigenvalue weighted by Gasteiger charge is -2.08. The molecule has 0 aliphatic carbocycles. The van der Waals surface area contributed by atoms with Gasteiger partial charge in [0.2, 0.25) is 0 Å². The third-order valence-corrected chi connectivity index (χ3v) is 5.83. The Hall–Kier alpha value is -2.49. The van der Waals surface area contributed by atoms with Gasteiger partial charge >= 0.3 is 0 Å². The molecule has 0 saturated heterocycles. The van der Waals surface area contributed by atoms with Gasteiger partial charge in [-0.1, -0.05) is 23.4 Å². The van der Waals surface area contributed by atoms with Gasteiger partial charge in [0.05, 0.1) is 20.5 Å². The molecule has 0 fully saturated rings. The van der Waals surface area contributed by atoms with Gasteiger partial charge in [0.15, 0.2) is 4.34 Å². The first-order valence-electron chi connectivity index (χ1n) is 7.48. The number of carbonyl (C=O) groups is 1. The van der Waals surface area contributed by atoms with Crippen LogP contribution in [0.4, 0.5) is 15.8 Å². The Kier molecular flexibility index (Phi) is 5.73. The largest absolute Gasteiger partial charge is 0.321 e. The molecule has 3 rings (SSSR count). The molecule has 138 valence electrons. The van der Waals surface area contributed by atoms with Crippen molar-refractivity contribution in [2.24, 2.45) is 0 Å². The van der Waals surface area contributed by atoms with E-state index in [0.29, 0.717) is 9.24 Å². The number of halogens is 2. The Balaban J connectivity index is 1.86. The van der Waals surface area contributed by atoms with E-state index in [1.165, 1.54) is 35.6 Å². The van der Waals surface area contributed by atoms with Crippen LogP contribution < -0.4 is 5.32 Å². The molecule has 27 heavy (non-hydrogen) atoms. The molecule has 0 aliphatic heterocycles. The summed E-state index contributed by atoms with van der Waals surface area (Å²) >= 11 is 8.44. The first-order chi connectivity index (χ1) is 12.8. The van der Waals surface area contributed by atoms with E-state index in [2.05, 4.69) is 10.3 Å². The van der Waals surface area contributed by atoms with E-state index in [1.54, 1.807) is 0 Å². The van der Waals surface area contributed by atoms with Crippen molar-refractivity contribution in [1.82, 2.24) is 4.98 Å². The van der Waals surface area contributed by atoms with Crippen molar-refractivity contribution in [3.05, 3.63) is 74.0 Å². The maximum absolute atomic E-state index is 13.1. The molecule has 0 saturated carbocycles. The van der Waals surface area contributed by atoms with E-state index < -0.39 is 16.6 Å². The van der Waals surface area contributed by atoms with Crippen LogP contribution in [-0.4, -0.2) is 15.8 Å². The number of hydrogen-bond donors (Lipinski definition) is 1. The van der Waals surface area contributed by atoms with Gasteiger partial charge in [-0.2, -0.15) is 0 Å². The van der Waals surface area contributed by atoms with Crippen molar-refractivity contribution in [3.8, 4) is 0 Å². The Morgan fingerprint density at radius 3 is 2.74 bits per heavy atom. The molecule has 0 spiro atoms. The zero-order valence-corrected chi connectivity index (χ0v) is 16.1. The monoisotopic (exact) mass is 423 g/mol. The minimum Gasteiger partial charge on any atom is -0.321 e. The van der Waals surface area contributed by atoms with Crippen LogP contribution in [0.1, 0.15) is 16.1 Å². The predicted molar refractivity (Wildman–Crippen MR) is 103 cm³/mol. The van der Waals surface area contributed by atoms with Crippen molar-refractivity contribution in [3.63, 3.8) is 0 Å². The van der Waals surface area contributed by atoms with Crippen LogP contribution in [0.5, 0.6) is 0 Å². The quantitative estimate of drug-likeness (QED) is 0.429. The molecule has 2 aromatic carbocycles. The van der Waals surface area contributed by atoms with Crippen LogP contribution in [0.3, 0.4) is 0 Å². The zero-order valence-electron chi connectivity index (χ0n) is 13.7. The van der Waals surface area contributed by atoms with Crippen LogP contribution in [0.15, 0.2) is 51.0 Å². The van der Waals surface area contributed by atoms with Crippen molar-refractivity contribution in [1.29, 1.82) is 0 Å². The number of amides is 1. The van der Waals surface area contributed by atoms with Crippen LogP contribution >= 0.6 is 34.7 Å². The molecule has 1 aromatic heterocycles. The predicted octanol–water partition coefficient (Wildman–Crippen LogP) is 5.56. The van der Waals surface area contributed by atoms with Gasteiger partial charge in [-0.15, -0.1) is 11.3 Å². The summed E-state index contributed by atoms with van der Waals surface area (Å²) in [6.07, 6.45) is 0. The van der Waals surface area contributed by atoms with Gasteiger partial charge in [0.1, 0.15) is 5.82 Å². The minimum atomic E-state index is -0.590. The highest BCUT2D eigenvalue weighted by molar-refractivity contribution is 8.01. The number of nitrogens with one attached hydrogen (secondary N) is 1. The lowest BCUT2D eigenvalue weighted by molar-refractivity contribution is -0.387. The second-order valence-corrected chi connectivity index (χ2v) is 7.93. The average molecular weight is 424 g/mol.